The fourth-order valence-electron chi connectivity index (χ4n) is 1.75. The molecule has 0 amide bonds. The van der Waals surface area contributed by atoms with Crippen LogP contribution in [0.3, 0.4) is 0 Å². The van der Waals surface area contributed by atoms with E-state index in [9.17, 15) is 0 Å². The second kappa shape index (κ2) is 5.96. The number of aryl methyl sites for hydroxylation is 1. The molecule has 4 heteroatoms. The van der Waals surface area contributed by atoms with Gasteiger partial charge < -0.3 is 5.32 Å². The lowest BCUT2D eigenvalue weighted by Gasteiger charge is -2.16. The topological polar surface area (TPSA) is 37.8 Å². The van der Waals surface area contributed by atoms with Crippen molar-refractivity contribution < 1.29 is 0 Å². The van der Waals surface area contributed by atoms with E-state index in [4.69, 9.17) is 0 Å². The van der Waals surface area contributed by atoms with E-state index >= 15 is 0 Å². The van der Waals surface area contributed by atoms with Crippen LogP contribution >= 0.6 is 15.9 Å². The average molecular weight is 306 g/mol. The Labute approximate surface area is 116 Å². The number of aromatic nitrogens is 2. The molecule has 0 radical (unpaired) electrons. The van der Waals surface area contributed by atoms with Crippen LogP contribution < -0.4 is 5.32 Å². The van der Waals surface area contributed by atoms with E-state index in [2.05, 4.69) is 69.3 Å². The Morgan fingerprint density at radius 3 is 2.61 bits per heavy atom. The van der Waals surface area contributed by atoms with Gasteiger partial charge in [0.25, 0.3) is 0 Å². The summed E-state index contributed by atoms with van der Waals surface area (Å²) < 4.78 is 0.877. The number of rotatable bonds is 4. The Balaban J connectivity index is 2.11. The SMILES string of the molecule is CCc1ccc(C(C)Nc2ncncc2Br)cc1. The Bertz CT molecular complexity index is 511. The van der Waals surface area contributed by atoms with Gasteiger partial charge in [-0.3, -0.25) is 0 Å². The number of hydrogen-bond acceptors (Lipinski definition) is 3. The minimum atomic E-state index is 0.210. The molecule has 1 heterocycles. The Morgan fingerprint density at radius 2 is 2.00 bits per heavy atom. The summed E-state index contributed by atoms with van der Waals surface area (Å²) in [6.07, 6.45) is 4.35. The van der Waals surface area contributed by atoms with Crippen molar-refractivity contribution in [3.63, 3.8) is 0 Å². The van der Waals surface area contributed by atoms with Crippen molar-refractivity contribution in [1.82, 2.24) is 9.97 Å². The van der Waals surface area contributed by atoms with Gasteiger partial charge >= 0.3 is 0 Å². The standard InChI is InChI=1S/C14H16BrN3/c1-3-11-4-6-12(7-5-11)10(2)18-14-13(15)8-16-9-17-14/h4-10H,3H2,1-2H3,(H,16,17,18). The summed E-state index contributed by atoms with van der Waals surface area (Å²) in [5.41, 5.74) is 2.60. The second-order valence-electron chi connectivity index (χ2n) is 4.18. The maximum Gasteiger partial charge on any atom is 0.144 e. The highest BCUT2D eigenvalue weighted by Crippen LogP contribution is 2.23. The van der Waals surface area contributed by atoms with E-state index in [1.54, 1.807) is 12.5 Å². The predicted octanol–water partition coefficient (Wildman–Crippen LogP) is 3.97. The lowest BCUT2D eigenvalue weighted by molar-refractivity contribution is 0.868. The third kappa shape index (κ3) is 3.07. The number of halogens is 1. The van der Waals surface area contributed by atoms with Gasteiger partial charge in [-0.2, -0.15) is 0 Å². The fraction of sp³-hybridized carbons (Fsp3) is 0.286. The second-order valence-corrected chi connectivity index (χ2v) is 5.03. The van der Waals surface area contributed by atoms with Crippen molar-refractivity contribution in [2.45, 2.75) is 26.3 Å². The summed E-state index contributed by atoms with van der Waals surface area (Å²) in [7, 11) is 0. The molecular formula is C14H16BrN3. The van der Waals surface area contributed by atoms with Crippen molar-refractivity contribution in [3.05, 3.63) is 52.4 Å². The zero-order valence-electron chi connectivity index (χ0n) is 10.5. The summed E-state index contributed by atoms with van der Waals surface area (Å²) in [6, 6.07) is 8.87. The third-order valence-electron chi connectivity index (χ3n) is 2.91. The summed E-state index contributed by atoms with van der Waals surface area (Å²) in [5.74, 6) is 0.817. The van der Waals surface area contributed by atoms with Gasteiger partial charge in [-0.25, -0.2) is 9.97 Å². The number of benzene rings is 1. The van der Waals surface area contributed by atoms with Gasteiger partial charge in [0.2, 0.25) is 0 Å². The average Bonchev–Trinajstić information content (AvgIpc) is 2.41. The molecule has 1 aromatic heterocycles. The minimum absolute atomic E-state index is 0.210. The van der Waals surface area contributed by atoms with Gasteiger partial charge in [0, 0.05) is 12.2 Å². The van der Waals surface area contributed by atoms with Gasteiger partial charge in [0.05, 0.1) is 4.47 Å². The van der Waals surface area contributed by atoms with Crippen molar-refractivity contribution >= 4 is 21.7 Å². The Kier molecular flexibility index (Phi) is 4.31. The summed E-state index contributed by atoms with van der Waals surface area (Å²) in [4.78, 5) is 8.16. The highest BCUT2D eigenvalue weighted by Gasteiger charge is 2.08. The van der Waals surface area contributed by atoms with E-state index in [-0.39, 0.29) is 6.04 Å². The number of nitrogens with zero attached hydrogens (tertiary/aromatic N) is 2. The molecule has 1 aromatic carbocycles. The number of anilines is 1. The molecule has 2 rings (SSSR count). The van der Waals surface area contributed by atoms with Gasteiger partial charge in [-0.1, -0.05) is 31.2 Å². The van der Waals surface area contributed by atoms with Crippen LogP contribution in [0.2, 0.25) is 0 Å². The smallest absolute Gasteiger partial charge is 0.144 e. The first kappa shape index (κ1) is 13.0. The molecule has 0 fully saturated rings. The maximum absolute atomic E-state index is 4.21. The first-order valence-corrected chi connectivity index (χ1v) is 6.81. The first-order valence-electron chi connectivity index (χ1n) is 6.01. The van der Waals surface area contributed by atoms with E-state index in [0.717, 1.165) is 16.7 Å². The van der Waals surface area contributed by atoms with Crippen LogP contribution in [0.15, 0.2) is 41.3 Å². The molecule has 0 aliphatic carbocycles. The van der Waals surface area contributed by atoms with Crippen molar-refractivity contribution in [1.29, 1.82) is 0 Å². The van der Waals surface area contributed by atoms with Gasteiger partial charge in [-0.05, 0) is 40.4 Å². The van der Waals surface area contributed by atoms with Crippen LogP contribution in [0.1, 0.15) is 31.0 Å². The molecule has 3 nitrogen and oxygen atoms in total. The van der Waals surface area contributed by atoms with Crippen LogP contribution in [0.25, 0.3) is 0 Å². The van der Waals surface area contributed by atoms with Gasteiger partial charge in [0.15, 0.2) is 0 Å². The highest BCUT2D eigenvalue weighted by molar-refractivity contribution is 9.10. The molecule has 1 N–H and O–H groups in total. The molecule has 18 heavy (non-hydrogen) atoms. The lowest BCUT2D eigenvalue weighted by atomic mass is 10.1. The number of hydrogen-bond donors (Lipinski definition) is 1. The normalized spacial score (nSPS) is 12.2. The first-order chi connectivity index (χ1) is 8.70. The predicted molar refractivity (Wildman–Crippen MR) is 77.6 cm³/mol. The Hall–Kier alpha value is -1.42. The largest absolute Gasteiger partial charge is 0.363 e. The van der Waals surface area contributed by atoms with E-state index in [1.807, 2.05) is 0 Å². The molecule has 0 aliphatic rings. The van der Waals surface area contributed by atoms with Crippen LogP contribution in [0.5, 0.6) is 0 Å². The van der Waals surface area contributed by atoms with Crippen LogP contribution in [-0.2, 0) is 6.42 Å². The van der Waals surface area contributed by atoms with Crippen molar-refractivity contribution in [3.8, 4) is 0 Å². The molecule has 1 unspecified atom stereocenters. The number of nitrogens with one attached hydrogen (secondary N) is 1. The summed E-state index contributed by atoms with van der Waals surface area (Å²) >= 11 is 3.43. The zero-order valence-corrected chi connectivity index (χ0v) is 12.1. The monoisotopic (exact) mass is 305 g/mol. The Morgan fingerprint density at radius 1 is 1.28 bits per heavy atom. The molecule has 0 aliphatic heterocycles. The van der Waals surface area contributed by atoms with E-state index in [0.29, 0.717) is 0 Å². The molecular weight excluding hydrogens is 290 g/mol. The minimum Gasteiger partial charge on any atom is -0.363 e. The molecule has 1 atom stereocenters. The fourth-order valence-corrected chi connectivity index (χ4v) is 2.08. The van der Waals surface area contributed by atoms with E-state index in [1.165, 1.54) is 11.1 Å². The lowest BCUT2D eigenvalue weighted by Crippen LogP contribution is -2.08. The van der Waals surface area contributed by atoms with Gasteiger partial charge in [0.1, 0.15) is 12.1 Å². The molecule has 94 valence electrons. The maximum atomic E-state index is 4.21. The van der Waals surface area contributed by atoms with Crippen LogP contribution in [0.4, 0.5) is 5.82 Å². The zero-order chi connectivity index (χ0) is 13.0. The third-order valence-corrected chi connectivity index (χ3v) is 3.49. The summed E-state index contributed by atoms with van der Waals surface area (Å²) in [6.45, 7) is 4.28. The molecule has 0 saturated heterocycles. The van der Waals surface area contributed by atoms with Crippen LogP contribution in [-0.4, -0.2) is 9.97 Å². The van der Waals surface area contributed by atoms with E-state index < -0.39 is 0 Å². The summed E-state index contributed by atoms with van der Waals surface area (Å²) in [5, 5.41) is 3.37. The molecule has 0 bridgehead atoms. The quantitative estimate of drug-likeness (QED) is 0.928. The molecule has 0 saturated carbocycles. The molecule has 2 aromatic rings. The molecule has 0 spiro atoms. The van der Waals surface area contributed by atoms with Gasteiger partial charge in [-0.15, -0.1) is 0 Å². The highest BCUT2D eigenvalue weighted by atomic mass is 79.9. The van der Waals surface area contributed by atoms with Crippen LogP contribution in [0, 0.1) is 0 Å². The van der Waals surface area contributed by atoms with Crippen molar-refractivity contribution in [2.24, 2.45) is 0 Å². The van der Waals surface area contributed by atoms with Crippen molar-refractivity contribution in [2.75, 3.05) is 5.32 Å².